The van der Waals surface area contributed by atoms with Gasteiger partial charge >= 0.3 is 5.97 Å². The van der Waals surface area contributed by atoms with Crippen molar-refractivity contribution in [2.75, 3.05) is 5.32 Å². The monoisotopic (exact) mass is 389 g/mol. The summed E-state index contributed by atoms with van der Waals surface area (Å²) in [6.45, 7) is 0. The first kappa shape index (κ1) is 13.6. The van der Waals surface area contributed by atoms with Gasteiger partial charge in [0, 0.05) is 15.0 Å². The summed E-state index contributed by atoms with van der Waals surface area (Å²) in [4.78, 5) is 12.1. The van der Waals surface area contributed by atoms with Gasteiger partial charge in [0.2, 0.25) is 0 Å². The van der Waals surface area contributed by atoms with Crippen molar-refractivity contribution < 1.29 is 9.90 Å². The maximum Gasteiger partial charge on any atom is 0.331 e. The Hall–Kier alpha value is -0.850. The van der Waals surface area contributed by atoms with E-state index in [0.29, 0.717) is 0 Å². The summed E-state index contributed by atoms with van der Waals surface area (Å²) in [5.41, 5.74) is 0.759. The second-order valence-electron chi connectivity index (χ2n) is 3.54. The van der Waals surface area contributed by atoms with E-state index in [-0.39, 0.29) is 0 Å². The second kappa shape index (κ2) is 5.86. The summed E-state index contributed by atoms with van der Waals surface area (Å²) in [5.74, 6) is -0.903. The van der Waals surface area contributed by atoms with Crippen molar-refractivity contribution in [1.29, 1.82) is 0 Å². The highest BCUT2D eigenvalue weighted by atomic mass is 79.9. The predicted octanol–water partition coefficient (Wildman–Crippen LogP) is 4.51. The molecule has 6 heteroatoms. The highest BCUT2D eigenvalue weighted by Gasteiger charge is 2.22. The number of rotatable bonds is 4. The lowest BCUT2D eigenvalue weighted by atomic mass is 10.2. The fraction of sp³-hybridized carbons (Fsp3) is 0.0833. The van der Waals surface area contributed by atoms with Crippen LogP contribution in [0, 0.1) is 0 Å². The Morgan fingerprint density at radius 1 is 1.22 bits per heavy atom. The van der Waals surface area contributed by atoms with Gasteiger partial charge in [0.25, 0.3) is 0 Å². The lowest BCUT2D eigenvalue weighted by Gasteiger charge is -2.15. The molecule has 0 saturated carbocycles. The SMILES string of the molecule is O=C(O)C(Nc1ccccc1Br)c1ccc(Br)s1. The van der Waals surface area contributed by atoms with Gasteiger partial charge in [-0.3, -0.25) is 0 Å². The molecule has 18 heavy (non-hydrogen) atoms. The van der Waals surface area contributed by atoms with E-state index >= 15 is 0 Å². The van der Waals surface area contributed by atoms with E-state index in [0.717, 1.165) is 18.8 Å². The van der Waals surface area contributed by atoms with Crippen molar-refractivity contribution in [3.8, 4) is 0 Å². The summed E-state index contributed by atoms with van der Waals surface area (Å²) in [6, 6.07) is 10.3. The third-order valence-corrected chi connectivity index (χ3v) is 4.68. The van der Waals surface area contributed by atoms with E-state index in [4.69, 9.17) is 0 Å². The number of nitrogens with one attached hydrogen (secondary N) is 1. The standard InChI is InChI=1S/C12H9Br2NO2S/c13-7-3-1-2-4-8(7)15-11(12(16)17)9-5-6-10(14)18-9/h1-6,11,15H,(H,16,17). The average Bonchev–Trinajstić information content (AvgIpc) is 2.74. The van der Waals surface area contributed by atoms with Crippen molar-refractivity contribution >= 4 is 54.9 Å². The van der Waals surface area contributed by atoms with Crippen molar-refractivity contribution in [2.45, 2.75) is 6.04 Å². The first-order valence-electron chi connectivity index (χ1n) is 5.07. The Bertz CT molecular complexity index is 571. The van der Waals surface area contributed by atoms with Crippen LogP contribution in [-0.2, 0) is 4.79 Å². The molecule has 1 aromatic carbocycles. The average molecular weight is 391 g/mol. The van der Waals surface area contributed by atoms with E-state index < -0.39 is 12.0 Å². The van der Waals surface area contributed by atoms with Gasteiger partial charge in [0.05, 0.1) is 3.79 Å². The fourth-order valence-corrected chi connectivity index (χ4v) is 3.34. The Kier molecular flexibility index (Phi) is 4.42. The Morgan fingerprint density at radius 3 is 2.50 bits per heavy atom. The summed E-state index contributed by atoms with van der Waals surface area (Å²) >= 11 is 8.14. The Balaban J connectivity index is 2.28. The van der Waals surface area contributed by atoms with Crippen LogP contribution >= 0.6 is 43.2 Å². The summed E-state index contributed by atoms with van der Waals surface area (Å²) in [5, 5.41) is 12.3. The minimum atomic E-state index is -0.903. The predicted molar refractivity (Wildman–Crippen MR) is 80.2 cm³/mol. The highest BCUT2D eigenvalue weighted by molar-refractivity contribution is 9.11. The molecule has 0 spiro atoms. The molecular formula is C12H9Br2NO2S. The Morgan fingerprint density at radius 2 is 1.94 bits per heavy atom. The van der Waals surface area contributed by atoms with Gasteiger partial charge < -0.3 is 10.4 Å². The number of benzene rings is 1. The molecule has 0 fully saturated rings. The Labute approximate surface area is 125 Å². The van der Waals surface area contributed by atoms with Crippen molar-refractivity contribution in [1.82, 2.24) is 0 Å². The number of carboxylic acid groups (broad SMARTS) is 1. The number of thiophene rings is 1. The first-order chi connectivity index (χ1) is 8.58. The van der Waals surface area contributed by atoms with Crippen LogP contribution in [0.1, 0.15) is 10.9 Å². The van der Waals surface area contributed by atoms with Crippen LogP contribution in [0.5, 0.6) is 0 Å². The van der Waals surface area contributed by atoms with Crippen LogP contribution in [0.2, 0.25) is 0 Å². The number of anilines is 1. The molecule has 0 aliphatic rings. The highest BCUT2D eigenvalue weighted by Crippen LogP contribution is 2.31. The van der Waals surface area contributed by atoms with Gasteiger partial charge in [-0.15, -0.1) is 11.3 Å². The number of carboxylic acids is 1. The number of hydrogen-bond acceptors (Lipinski definition) is 3. The fourth-order valence-electron chi connectivity index (χ4n) is 1.47. The van der Waals surface area contributed by atoms with Crippen LogP contribution < -0.4 is 5.32 Å². The second-order valence-corrected chi connectivity index (χ2v) is 6.89. The molecule has 1 heterocycles. The number of carbonyl (C=O) groups is 1. The maximum atomic E-state index is 11.3. The van der Waals surface area contributed by atoms with E-state index in [9.17, 15) is 9.90 Å². The van der Waals surface area contributed by atoms with E-state index in [1.807, 2.05) is 30.3 Å². The zero-order valence-corrected chi connectivity index (χ0v) is 13.0. The molecule has 1 atom stereocenters. The molecule has 0 bridgehead atoms. The van der Waals surface area contributed by atoms with Crippen LogP contribution in [-0.4, -0.2) is 11.1 Å². The molecule has 1 unspecified atom stereocenters. The molecule has 2 aromatic rings. The van der Waals surface area contributed by atoms with Gasteiger partial charge in [-0.25, -0.2) is 4.79 Å². The summed E-state index contributed by atoms with van der Waals surface area (Å²) < 4.78 is 1.75. The van der Waals surface area contributed by atoms with E-state index in [1.54, 1.807) is 6.07 Å². The van der Waals surface area contributed by atoms with E-state index in [2.05, 4.69) is 37.2 Å². The molecule has 2 N–H and O–H groups in total. The van der Waals surface area contributed by atoms with Crippen LogP contribution in [0.25, 0.3) is 0 Å². The molecule has 0 amide bonds. The van der Waals surface area contributed by atoms with Gasteiger partial charge in [0.15, 0.2) is 6.04 Å². The minimum absolute atomic E-state index is 0.750. The lowest BCUT2D eigenvalue weighted by Crippen LogP contribution is -2.19. The number of halogens is 2. The molecule has 2 rings (SSSR count). The molecular weight excluding hydrogens is 382 g/mol. The zero-order valence-electron chi connectivity index (χ0n) is 9.06. The first-order valence-corrected chi connectivity index (χ1v) is 7.47. The quantitative estimate of drug-likeness (QED) is 0.807. The topological polar surface area (TPSA) is 49.3 Å². The zero-order chi connectivity index (χ0) is 13.1. The largest absolute Gasteiger partial charge is 0.479 e. The third kappa shape index (κ3) is 3.13. The molecule has 0 aliphatic carbocycles. The lowest BCUT2D eigenvalue weighted by molar-refractivity contribution is -0.138. The molecule has 0 saturated heterocycles. The minimum Gasteiger partial charge on any atom is -0.479 e. The molecule has 0 radical (unpaired) electrons. The van der Waals surface area contributed by atoms with Crippen LogP contribution in [0.15, 0.2) is 44.7 Å². The number of aliphatic carboxylic acids is 1. The van der Waals surface area contributed by atoms with Gasteiger partial charge in [-0.1, -0.05) is 12.1 Å². The van der Waals surface area contributed by atoms with Crippen LogP contribution in [0.4, 0.5) is 5.69 Å². The molecule has 94 valence electrons. The van der Waals surface area contributed by atoms with Crippen molar-refractivity contribution in [3.63, 3.8) is 0 Å². The smallest absolute Gasteiger partial charge is 0.331 e. The third-order valence-electron chi connectivity index (χ3n) is 2.30. The number of para-hydroxylation sites is 1. The van der Waals surface area contributed by atoms with Crippen molar-refractivity contribution in [2.24, 2.45) is 0 Å². The van der Waals surface area contributed by atoms with Gasteiger partial charge in [0.1, 0.15) is 0 Å². The molecule has 3 nitrogen and oxygen atoms in total. The van der Waals surface area contributed by atoms with Crippen LogP contribution in [0.3, 0.4) is 0 Å². The van der Waals surface area contributed by atoms with Gasteiger partial charge in [-0.2, -0.15) is 0 Å². The number of hydrogen-bond donors (Lipinski definition) is 2. The van der Waals surface area contributed by atoms with Crippen molar-refractivity contribution in [3.05, 3.63) is 49.5 Å². The maximum absolute atomic E-state index is 11.3. The van der Waals surface area contributed by atoms with E-state index in [1.165, 1.54) is 11.3 Å². The summed E-state index contributed by atoms with van der Waals surface area (Å²) in [6.07, 6.45) is 0. The summed E-state index contributed by atoms with van der Waals surface area (Å²) in [7, 11) is 0. The van der Waals surface area contributed by atoms with Gasteiger partial charge in [-0.05, 0) is 56.1 Å². The normalized spacial score (nSPS) is 12.1. The molecule has 0 aliphatic heterocycles. The molecule has 1 aromatic heterocycles.